The Bertz CT molecular complexity index is 895. The molecule has 0 amide bonds. The second-order valence-electron chi connectivity index (χ2n) is 4.62. The highest BCUT2D eigenvalue weighted by molar-refractivity contribution is 9.10. The quantitative estimate of drug-likeness (QED) is 0.757. The number of hydrogen-bond acceptors (Lipinski definition) is 3. The van der Waals surface area contributed by atoms with E-state index in [0.29, 0.717) is 16.9 Å². The van der Waals surface area contributed by atoms with Crippen LogP contribution in [0, 0.1) is 17.1 Å². The predicted octanol–water partition coefficient (Wildman–Crippen LogP) is 3.89. The fourth-order valence-electron chi connectivity index (χ4n) is 2.18. The van der Waals surface area contributed by atoms with Gasteiger partial charge in [0, 0.05) is 10.0 Å². The Hall–Kier alpha value is -2.65. The van der Waals surface area contributed by atoms with Gasteiger partial charge in [-0.05, 0) is 30.3 Å². The van der Waals surface area contributed by atoms with E-state index in [0.717, 1.165) is 4.47 Å². The average Bonchev–Trinajstić information content (AvgIpc) is 2.84. The summed E-state index contributed by atoms with van der Waals surface area (Å²) in [6, 6.07) is 15.3. The van der Waals surface area contributed by atoms with Crippen molar-refractivity contribution < 1.29 is 4.39 Å². The molecule has 0 aliphatic heterocycles. The van der Waals surface area contributed by atoms with Gasteiger partial charge in [-0.15, -0.1) is 0 Å². The van der Waals surface area contributed by atoms with Crippen LogP contribution in [0.4, 0.5) is 10.2 Å². The number of benzene rings is 2. The molecule has 108 valence electrons. The number of nitrogen functional groups attached to an aromatic ring is 1. The van der Waals surface area contributed by atoms with Crippen LogP contribution in [-0.2, 0) is 0 Å². The Morgan fingerprint density at radius 3 is 2.64 bits per heavy atom. The first-order valence-electron chi connectivity index (χ1n) is 6.40. The van der Waals surface area contributed by atoms with Crippen LogP contribution in [0.1, 0.15) is 5.56 Å². The van der Waals surface area contributed by atoms with Crippen molar-refractivity contribution in [3.05, 3.63) is 64.4 Å². The van der Waals surface area contributed by atoms with Crippen molar-refractivity contribution in [3.63, 3.8) is 0 Å². The average molecular weight is 357 g/mol. The molecule has 0 radical (unpaired) electrons. The van der Waals surface area contributed by atoms with Crippen LogP contribution in [0.25, 0.3) is 16.9 Å². The van der Waals surface area contributed by atoms with Crippen molar-refractivity contribution in [3.8, 4) is 23.0 Å². The van der Waals surface area contributed by atoms with E-state index in [1.807, 2.05) is 30.3 Å². The van der Waals surface area contributed by atoms with E-state index in [1.165, 1.54) is 16.8 Å². The second-order valence-corrected chi connectivity index (χ2v) is 5.54. The highest BCUT2D eigenvalue weighted by Crippen LogP contribution is 2.29. The molecule has 0 spiro atoms. The molecule has 6 heteroatoms. The molecule has 1 heterocycles. The zero-order valence-corrected chi connectivity index (χ0v) is 12.9. The summed E-state index contributed by atoms with van der Waals surface area (Å²) in [4.78, 5) is 0. The summed E-state index contributed by atoms with van der Waals surface area (Å²) >= 11 is 3.38. The van der Waals surface area contributed by atoms with Crippen LogP contribution < -0.4 is 5.73 Å². The molecule has 2 aromatic carbocycles. The molecule has 3 rings (SSSR count). The molecule has 0 atom stereocenters. The molecular formula is C16H10BrFN4. The van der Waals surface area contributed by atoms with Gasteiger partial charge in [0.15, 0.2) is 0 Å². The first-order chi connectivity index (χ1) is 10.6. The van der Waals surface area contributed by atoms with Gasteiger partial charge in [-0.1, -0.05) is 34.1 Å². The highest BCUT2D eigenvalue weighted by atomic mass is 79.9. The summed E-state index contributed by atoms with van der Waals surface area (Å²) in [5.41, 5.74) is 7.85. The molecule has 2 N–H and O–H groups in total. The minimum Gasteiger partial charge on any atom is -0.382 e. The molecule has 0 fully saturated rings. The Labute approximate surface area is 134 Å². The van der Waals surface area contributed by atoms with Crippen LogP contribution in [0.2, 0.25) is 0 Å². The molecule has 1 aromatic heterocycles. The first kappa shape index (κ1) is 14.3. The minimum absolute atomic E-state index is 0.222. The molecule has 22 heavy (non-hydrogen) atoms. The number of hydrogen-bond donors (Lipinski definition) is 1. The number of nitrogens with two attached hydrogens (primary N) is 1. The van der Waals surface area contributed by atoms with Crippen molar-refractivity contribution in [2.75, 3.05) is 5.73 Å². The number of halogens is 2. The van der Waals surface area contributed by atoms with Crippen molar-refractivity contribution in [1.29, 1.82) is 5.26 Å². The first-order valence-corrected chi connectivity index (χ1v) is 7.20. The Morgan fingerprint density at radius 1 is 1.18 bits per heavy atom. The van der Waals surface area contributed by atoms with E-state index in [9.17, 15) is 9.65 Å². The minimum atomic E-state index is -0.392. The lowest BCUT2D eigenvalue weighted by atomic mass is 10.1. The van der Waals surface area contributed by atoms with Crippen LogP contribution in [0.5, 0.6) is 0 Å². The third-order valence-electron chi connectivity index (χ3n) is 3.18. The molecule has 0 bridgehead atoms. The maximum atomic E-state index is 13.4. The smallest absolute Gasteiger partial charge is 0.145 e. The Kier molecular flexibility index (Phi) is 3.65. The van der Waals surface area contributed by atoms with E-state index in [4.69, 9.17) is 5.73 Å². The van der Waals surface area contributed by atoms with Crippen LogP contribution in [0.15, 0.2) is 53.0 Å². The number of anilines is 1. The number of nitrogens with zero attached hydrogens (tertiary/aromatic N) is 3. The van der Waals surface area contributed by atoms with Crippen LogP contribution in [-0.4, -0.2) is 9.78 Å². The molecular weight excluding hydrogens is 347 g/mol. The topological polar surface area (TPSA) is 67.6 Å². The SMILES string of the molecule is N#Cc1c(-c2cccc(F)c2)nn(-c2cccc(Br)c2)c1N. The lowest BCUT2D eigenvalue weighted by Gasteiger charge is -2.03. The molecule has 0 saturated carbocycles. The van der Waals surface area contributed by atoms with Crippen LogP contribution >= 0.6 is 15.9 Å². The summed E-state index contributed by atoms with van der Waals surface area (Å²) in [5, 5.41) is 13.7. The van der Waals surface area contributed by atoms with E-state index in [-0.39, 0.29) is 11.4 Å². The number of nitriles is 1. The summed E-state index contributed by atoms with van der Waals surface area (Å²) in [6.07, 6.45) is 0. The third-order valence-corrected chi connectivity index (χ3v) is 3.68. The summed E-state index contributed by atoms with van der Waals surface area (Å²) < 4.78 is 15.8. The van der Waals surface area contributed by atoms with Gasteiger partial charge in [-0.2, -0.15) is 10.4 Å². The van der Waals surface area contributed by atoms with Gasteiger partial charge in [0.1, 0.15) is 29.0 Å². The van der Waals surface area contributed by atoms with Crippen molar-refractivity contribution in [2.24, 2.45) is 0 Å². The predicted molar refractivity (Wildman–Crippen MR) is 85.8 cm³/mol. The standard InChI is InChI=1S/C16H10BrFN4/c17-11-4-2-6-13(8-11)22-16(20)14(9-19)15(21-22)10-3-1-5-12(18)7-10/h1-8H,20H2. The van der Waals surface area contributed by atoms with E-state index >= 15 is 0 Å². The molecule has 0 saturated heterocycles. The maximum Gasteiger partial charge on any atom is 0.145 e. The molecule has 0 aliphatic carbocycles. The molecule has 3 aromatic rings. The monoisotopic (exact) mass is 356 g/mol. The van der Waals surface area contributed by atoms with Gasteiger partial charge in [0.25, 0.3) is 0 Å². The zero-order valence-electron chi connectivity index (χ0n) is 11.3. The lowest BCUT2D eigenvalue weighted by Crippen LogP contribution is -2.02. The zero-order chi connectivity index (χ0) is 15.7. The second kappa shape index (κ2) is 5.62. The van der Waals surface area contributed by atoms with Gasteiger partial charge >= 0.3 is 0 Å². The Balaban J connectivity index is 2.22. The van der Waals surface area contributed by atoms with Gasteiger partial charge in [0.05, 0.1) is 5.69 Å². The lowest BCUT2D eigenvalue weighted by molar-refractivity contribution is 0.628. The van der Waals surface area contributed by atoms with Gasteiger partial charge < -0.3 is 5.73 Å². The van der Waals surface area contributed by atoms with Crippen LogP contribution in [0.3, 0.4) is 0 Å². The van der Waals surface area contributed by atoms with Crippen molar-refractivity contribution in [2.45, 2.75) is 0 Å². The van der Waals surface area contributed by atoms with E-state index < -0.39 is 5.82 Å². The summed E-state index contributed by atoms with van der Waals surface area (Å²) in [6.45, 7) is 0. The fraction of sp³-hybridized carbons (Fsp3) is 0. The molecule has 4 nitrogen and oxygen atoms in total. The molecule has 0 unspecified atom stereocenters. The maximum absolute atomic E-state index is 13.4. The van der Waals surface area contributed by atoms with Gasteiger partial charge in [0.2, 0.25) is 0 Å². The van der Waals surface area contributed by atoms with Gasteiger partial charge in [-0.3, -0.25) is 0 Å². The summed E-state index contributed by atoms with van der Waals surface area (Å²) in [7, 11) is 0. The highest BCUT2D eigenvalue weighted by Gasteiger charge is 2.18. The molecule has 0 aliphatic rings. The summed E-state index contributed by atoms with van der Waals surface area (Å²) in [5.74, 6) is -0.170. The van der Waals surface area contributed by atoms with Gasteiger partial charge in [-0.25, -0.2) is 9.07 Å². The largest absolute Gasteiger partial charge is 0.382 e. The van der Waals surface area contributed by atoms with Crippen molar-refractivity contribution in [1.82, 2.24) is 9.78 Å². The number of aromatic nitrogens is 2. The van der Waals surface area contributed by atoms with E-state index in [1.54, 1.807) is 12.1 Å². The van der Waals surface area contributed by atoms with E-state index in [2.05, 4.69) is 21.0 Å². The normalized spacial score (nSPS) is 10.4. The number of rotatable bonds is 2. The third kappa shape index (κ3) is 2.47. The van der Waals surface area contributed by atoms with Crippen molar-refractivity contribution >= 4 is 21.7 Å². The Morgan fingerprint density at radius 2 is 1.95 bits per heavy atom. The fourth-order valence-corrected chi connectivity index (χ4v) is 2.57.